The number of anilines is 1. The van der Waals surface area contributed by atoms with E-state index < -0.39 is 14.9 Å². The van der Waals surface area contributed by atoms with Crippen molar-refractivity contribution in [2.24, 2.45) is 0 Å². The zero-order valence-electron chi connectivity index (χ0n) is 15.8. The first-order valence-corrected chi connectivity index (χ1v) is 10.5. The molecule has 0 unspecified atom stereocenters. The molecule has 1 heterocycles. The molecule has 3 rings (SSSR count). The molecule has 0 aliphatic carbocycles. The molecule has 1 saturated heterocycles. The van der Waals surface area contributed by atoms with Gasteiger partial charge in [0.2, 0.25) is 0 Å². The van der Waals surface area contributed by atoms with Crippen LogP contribution in [0.2, 0.25) is 0 Å². The van der Waals surface area contributed by atoms with E-state index >= 15 is 0 Å². The van der Waals surface area contributed by atoms with Gasteiger partial charge in [0.1, 0.15) is 5.75 Å². The fourth-order valence-corrected chi connectivity index (χ4v) is 4.28. The number of hydrogen-bond acceptors (Lipinski definition) is 6. The molecule has 154 valence electrons. The second-order valence-corrected chi connectivity index (χ2v) is 8.31. The summed E-state index contributed by atoms with van der Waals surface area (Å²) in [6, 6.07) is 9.35. The molecule has 1 aliphatic heterocycles. The lowest BCUT2D eigenvalue weighted by atomic mass is 10.1. The van der Waals surface area contributed by atoms with Crippen LogP contribution in [0.1, 0.15) is 29.6 Å². The molecule has 1 N–H and O–H groups in total. The van der Waals surface area contributed by atoms with Crippen molar-refractivity contribution in [2.45, 2.75) is 24.2 Å². The molecule has 1 amide bonds. The minimum Gasteiger partial charge on any atom is -0.495 e. The van der Waals surface area contributed by atoms with Crippen molar-refractivity contribution in [3.05, 3.63) is 58.1 Å². The van der Waals surface area contributed by atoms with Crippen molar-refractivity contribution < 1.29 is 22.9 Å². The molecule has 0 aromatic heterocycles. The number of nitro groups is 1. The van der Waals surface area contributed by atoms with Gasteiger partial charge in [-0.05, 0) is 43.5 Å². The summed E-state index contributed by atoms with van der Waals surface area (Å²) in [5.41, 5.74) is -0.0623. The van der Waals surface area contributed by atoms with Crippen molar-refractivity contribution in [2.75, 3.05) is 24.9 Å². The molecule has 0 spiro atoms. The summed E-state index contributed by atoms with van der Waals surface area (Å²) in [6.07, 6.45) is 2.93. The molecule has 1 fully saturated rings. The van der Waals surface area contributed by atoms with Crippen molar-refractivity contribution in [3.63, 3.8) is 0 Å². The lowest BCUT2D eigenvalue weighted by Gasteiger charge is -2.26. The van der Waals surface area contributed by atoms with E-state index in [1.807, 2.05) is 0 Å². The number of carbonyl (C=O) groups excluding carboxylic acids is 1. The van der Waals surface area contributed by atoms with Gasteiger partial charge in [-0.15, -0.1) is 0 Å². The summed E-state index contributed by atoms with van der Waals surface area (Å²) < 4.78 is 33.1. The number of sulfonamides is 1. The number of non-ortho nitro benzene ring substituents is 1. The molecule has 0 bridgehead atoms. The number of benzene rings is 2. The Labute approximate surface area is 168 Å². The van der Waals surface area contributed by atoms with Gasteiger partial charge in [-0.2, -0.15) is 0 Å². The smallest absolute Gasteiger partial charge is 0.271 e. The van der Waals surface area contributed by atoms with Crippen molar-refractivity contribution >= 4 is 27.3 Å². The quantitative estimate of drug-likeness (QED) is 0.568. The SMILES string of the molecule is COc1ccc([N+](=O)[O-])cc1NS(=O)(=O)c1cccc(C(=O)N2CCCCC2)c1. The Morgan fingerprint density at radius 3 is 2.52 bits per heavy atom. The maximum absolute atomic E-state index is 12.8. The Morgan fingerprint density at radius 2 is 1.86 bits per heavy atom. The van der Waals surface area contributed by atoms with E-state index in [2.05, 4.69) is 4.72 Å². The maximum Gasteiger partial charge on any atom is 0.271 e. The number of nitrogens with zero attached hydrogens (tertiary/aromatic N) is 2. The van der Waals surface area contributed by atoms with Crippen LogP contribution in [0.5, 0.6) is 5.75 Å². The molecule has 9 nitrogen and oxygen atoms in total. The van der Waals surface area contributed by atoms with Crippen LogP contribution in [0.3, 0.4) is 0 Å². The van der Waals surface area contributed by atoms with Gasteiger partial charge in [-0.3, -0.25) is 19.6 Å². The number of methoxy groups -OCH3 is 1. The number of ether oxygens (including phenoxy) is 1. The second-order valence-electron chi connectivity index (χ2n) is 6.63. The molecular weight excluding hydrogens is 398 g/mol. The number of hydrogen-bond donors (Lipinski definition) is 1. The fraction of sp³-hybridized carbons (Fsp3) is 0.316. The van der Waals surface area contributed by atoms with E-state index in [1.54, 1.807) is 11.0 Å². The number of amides is 1. The standard InChI is InChI=1S/C19H21N3O6S/c1-28-18-9-8-15(22(24)25)13-17(18)20-29(26,27)16-7-5-6-14(12-16)19(23)21-10-3-2-4-11-21/h5-9,12-13,20H,2-4,10-11H2,1H3. The number of nitro benzene ring substituents is 1. The summed E-state index contributed by atoms with van der Waals surface area (Å²) >= 11 is 0. The first kappa shape index (κ1) is 20.6. The average molecular weight is 419 g/mol. The predicted octanol–water partition coefficient (Wildman–Crippen LogP) is 3.03. The Hall–Kier alpha value is -3.14. The normalized spacial score (nSPS) is 14.3. The Bertz CT molecular complexity index is 1030. The van der Waals surface area contributed by atoms with E-state index in [9.17, 15) is 23.3 Å². The third-order valence-corrected chi connectivity index (χ3v) is 6.04. The van der Waals surface area contributed by atoms with Crippen molar-refractivity contribution in [1.82, 2.24) is 4.90 Å². The third kappa shape index (κ3) is 4.65. The highest BCUT2D eigenvalue weighted by molar-refractivity contribution is 7.92. The van der Waals surface area contributed by atoms with E-state index in [4.69, 9.17) is 4.74 Å². The molecule has 10 heteroatoms. The topological polar surface area (TPSA) is 119 Å². The highest BCUT2D eigenvalue weighted by Gasteiger charge is 2.23. The second kappa shape index (κ2) is 8.48. The fourth-order valence-electron chi connectivity index (χ4n) is 3.17. The van der Waals surface area contributed by atoms with Crippen LogP contribution in [-0.2, 0) is 10.0 Å². The molecule has 1 aliphatic rings. The lowest BCUT2D eigenvalue weighted by Crippen LogP contribution is -2.35. The van der Waals surface area contributed by atoms with E-state index in [-0.39, 0.29) is 33.5 Å². The largest absolute Gasteiger partial charge is 0.495 e. The Kier molecular flexibility index (Phi) is 6.02. The first-order valence-electron chi connectivity index (χ1n) is 9.06. The summed E-state index contributed by atoms with van der Waals surface area (Å²) in [7, 11) is -2.77. The summed E-state index contributed by atoms with van der Waals surface area (Å²) in [4.78, 5) is 24.6. The van der Waals surface area contributed by atoms with Gasteiger partial charge in [0, 0.05) is 30.8 Å². The first-order chi connectivity index (χ1) is 13.8. The highest BCUT2D eigenvalue weighted by atomic mass is 32.2. The lowest BCUT2D eigenvalue weighted by molar-refractivity contribution is -0.384. The zero-order valence-corrected chi connectivity index (χ0v) is 16.6. The monoisotopic (exact) mass is 419 g/mol. The van der Waals surface area contributed by atoms with Gasteiger partial charge in [0.25, 0.3) is 21.6 Å². The van der Waals surface area contributed by atoms with Gasteiger partial charge < -0.3 is 9.64 Å². The summed E-state index contributed by atoms with van der Waals surface area (Å²) in [5, 5.41) is 11.0. The van der Waals surface area contributed by atoms with Crippen LogP contribution in [-0.4, -0.2) is 44.3 Å². The van der Waals surface area contributed by atoms with Crippen LogP contribution in [0, 0.1) is 10.1 Å². The number of carbonyl (C=O) groups is 1. The van der Waals surface area contributed by atoms with Crippen molar-refractivity contribution in [3.8, 4) is 5.75 Å². The predicted molar refractivity (Wildman–Crippen MR) is 107 cm³/mol. The van der Waals surface area contributed by atoms with Crippen LogP contribution in [0.4, 0.5) is 11.4 Å². The van der Waals surface area contributed by atoms with Gasteiger partial charge in [0.15, 0.2) is 0 Å². The minimum atomic E-state index is -4.10. The van der Waals surface area contributed by atoms with Gasteiger partial charge in [0.05, 0.1) is 22.6 Å². The number of piperidine rings is 1. The molecule has 29 heavy (non-hydrogen) atoms. The molecule has 0 radical (unpaired) electrons. The zero-order chi connectivity index (χ0) is 21.0. The number of rotatable bonds is 6. The number of nitrogens with one attached hydrogen (secondary N) is 1. The van der Waals surface area contributed by atoms with E-state index in [1.165, 1.54) is 37.4 Å². The minimum absolute atomic E-state index is 0.0607. The van der Waals surface area contributed by atoms with Gasteiger partial charge >= 0.3 is 0 Å². The van der Waals surface area contributed by atoms with Crippen LogP contribution in [0.25, 0.3) is 0 Å². The third-order valence-electron chi connectivity index (χ3n) is 4.67. The van der Waals surface area contributed by atoms with Crippen LogP contribution >= 0.6 is 0 Å². The highest BCUT2D eigenvalue weighted by Crippen LogP contribution is 2.31. The van der Waals surface area contributed by atoms with Crippen LogP contribution < -0.4 is 9.46 Å². The van der Waals surface area contributed by atoms with Gasteiger partial charge in [-0.1, -0.05) is 6.07 Å². The Morgan fingerprint density at radius 1 is 1.14 bits per heavy atom. The summed E-state index contributed by atoms with van der Waals surface area (Å²) in [6.45, 7) is 1.30. The molecular formula is C19H21N3O6S. The molecule has 2 aromatic carbocycles. The van der Waals surface area contributed by atoms with Gasteiger partial charge in [-0.25, -0.2) is 8.42 Å². The maximum atomic E-state index is 12.8. The molecule has 0 saturated carbocycles. The summed E-state index contributed by atoms with van der Waals surface area (Å²) in [5.74, 6) is -0.0746. The van der Waals surface area contributed by atoms with Crippen LogP contribution in [0.15, 0.2) is 47.4 Å². The van der Waals surface area contributed by atoms with E-state index in [0.29, 0.717) is 13.1 Å². The molecule has 0 atom stereocenters. The molecule has 2 aromatic rings. The van der Waals surface area contributed by atoms with Crippen molar-refractivity contribution in [1.29, 1.82) is 0 Å². The Balaban J connectivity index is 1.89. The average Bonchev–Trinajstić information content (AvgIpc) is 2.73. The number of likely N-dealkylation sites (tertiary alicyclic amines) is 1. The van der Waals surface area contributed by atoms with E-state index in [0.717, 1.165) is 25.3 Å².